The zero-order valence-corrected chi connectivity index (χ0v) is 17.7. The fourth-order valence-electron chi connectivity index (χ4n) is 4.56. The van der Waals surface area contributed by atoms with E-state index in [4.69, 9.17) is 9.72 Å². The van der Waals surface area contributed by atoms with Crippen molar-refractivity contribution < 1.29 is 9.66 Å². The van der Waals surface area contributed by atoms with Crippen LogP contribution in [0.1, 0.15) is 48.3 Å². The van der Waals surface area contributed by atoms with Gasteiger partial charge in [0.05, 0.1) is 11.5 Å². The first kappa shape index (κ1) is 20.5. The Balaban J connectivity index is 1.52. The van der Waals surface area contributed by atoms with Crippen LogP contribution < -0.4 is 10.1 Å². The number of hydrogen-bond donors (Lipinski definition) is 1. The van der Waals surface area contributed by atoms with Gasteiger partial charge in [-0.2, -0.15) is 9.97 Å². The van der Waals surface area contributed by atoms with Crippen LogP contribution in [0.2, 0.25) is 0 Å². The SMILES string of the molecule is CCOc1nc(C)c([N+](=O)[O-])c(NCc2ccc(C3CN4CCC3CC4)nc2C)n1. The number of pyridine rings is 1. The first-order chi connectivity index (χ1) is 14.5. The molecule has 1 unspecified atom stereocenters. The fourth-order valence-corrected chi connectivity index (χ4v) is 4.56. The molecule has 1 N–H and O–H groups in total. The van der Waals surface area contributed by atoms with Crippen LogP contribution in [0, 0.1) is 29.9 Å². The minimum atomic E-state index is -0.463. The van der Waals surface area contributed by atoms with Crippen LogP contribution in [0.5, 0.6) is 6.01 Å². The molecule has 0 saturated carbocycles. The zero-order chi connectivity index (χ0) is 21.3. The lowest BCUT2D eigenvalue weighted by molar-refractivity contribution is -0.385. The van der Waals surface area contributed by atoms with Crippen LogP contribution in [0.4, 0.5) is 11.5 Å². The molecule has 5 rings (SSSR count). The molecule has 0 aliphatic carbocycles. The van der Waals surface area contributed by atoms with E-state index in [-0.39, 0.29) is 23.2 Å². The monoisotopic (exact) mass is 412 g/mol. The predicted octanol–water partition coefficient (Wildman–Crippen LogP) is 3.22. The average molecular weight is 412 g/mol. The molecule has 2 bridgehead atoms. The number of fused-ring (bicyclic) bond motifs is 3. The van der Waals surface area contributed by atoms with Crippen LogP contribution in [0.25, 0.3) is 0 Å². The van der Waals surface area contributed by atoms with E-state index in [9.17, 15) is 10.1 Å². The summed E-state index contributed by atoms with van der Waals surface area (Å²) in [4.78, 5) is 26.7. The number of ether oxygens (including phenoxy) is 1. The molecule has 160 valence electrons. The van der Waals surface area contributed by atoms with Gasteiger partial charge in [0.1, 0.15) is 5.69 Å². The number of aromatic nitrogens is 3. The number of nitrogens with one attached hydrogen (secondary N) is 1. The molecule has 30 heavy (non-hydrogen) atoms. The normalized spacial score (nSPS) is 22.7. The highest BCUT2D eigenvalue weighted by Crippen LogP contribution is 2.38. The molecule has 3 saturated heterocycles. The van der Waals surface area contributed by atoms with Gasteiger partial charge in [0.25, 0.3) is 0 Å². The molecule has 0 aromatic carbocycles. The predicted molar refractivity (Wildman–Crippen MR) is 113 cm³/mol. The van der Waals surface area contributed by atoms with E-state index >= 15 is 0 Å². The highest BCUT2D eigenvalue weighted by atomic mass is 16.6. The van der Waals surface area contributed by atoms with Gasteiger partial charge < -0.3 is 15.0 Å². The maximum atomic E-state index is 11.5. The van der Waals surface area contributed by atoms with Gasteiger partial charge in [-0.3, -0.25) is 15.1 Å². The van der Waals surface area contributed by atoms with Crippen molar-refractivity contribution in [2.45, 2.75) is 46.1 Å². The number of aryl methyl sites for hydroxylation is 2. The van der Waals surface area contributed by atoms with E-state index in [1.807, 2.05) is 13.8 Å². The van der Waals surface area contributed by atoms with E-state index in [1.54, 1.807) is 6.92 Å². The second-order valence-corrected chi connectivity index (χ2v) is 8.06. The van der Waals surface area contributed by atoms with Crippen molar-refractivity contribution in [1.82, 2.24) is 19.9 Å². The minimum Gasteiger partial charge on any atom is -0.464 e. The summed E-state index contributed by atoms with van der Waals surface area (Å²) in [5.74, 6) is 1.40. The summed E-state index contributed by atoms with van der Waals surface area (Å²) in [6.45, 7) is 9.70. The molecule has 3 aliphatic rings. The van der Waals surface area contributed by atoms with Crippen molar-refractivity contribution in [3.8, 4) is 6.01 Å². The number of rotatable bonds is 7. The number of nitro groups is 1. The highest BCUT2D eigenvalue weighted by Gasteiger charge is 2.35. The molecule has 5 heterocycles. The van der Waals surface area contributed by atoms with Crippen molar-refractivity contribution in [1.29, 1.82) is 0 Å². The quantitative estimate of drug-likeness (QED) is 0.546. The third-order valence-corrected chi connectivity index (χ3v) is 6.19. The van der Waals surface area contributed by atoms with Gasteiger partial charge in [0.2, 0.25) is 5.82 Å². The highest BCUT2D eigenvalue weighted by molar-refractivity contribution is 5.59. The Morgan fingerprint density at radius 3 is 2.57 bits per heavy atom. The molecular formula is C21H28N6O3. The van der Waals surface area contributed by atoms with Crippen molar-refractivity contribution in [3.63, 3.8) is 0 Å². The van der Waals surface area contributed by atoms with E-state index in [2.05, 4.69) is 32.3 Å². The lowest BCUT2D eigenvalue weighted by atomic mass is 9.77. The van der Waals surface area contributed by atoms with Crippen molar-refractivity contribution in [3.05, 3.63) is 44.9 Å². The Morgan fingerprint density at radius 1 is 1.20 bits per heavy atom. The molecule has 9 nitrogen and oxygen atoms in total. The zero-order valence-electron chi connectivity index (χ0n) is 17.7. The molecule has 0 spiro atoms. The lowest BCUT2D eigenvalue weighted by Gasteiger charge is -2.44. The van der Waals surface area contributed by atoms with Gasteiger partial charge in [-0.05, 0) is 64.3 Å². The van der Waals surface area contributed by atoms with Crippen molar-refractivity contribution in [2.75, 3.05) is 31.6 Å². The van der Waals surface area contributed by atoms with Gasteiger partial charge in [-0.1, -0.05) is 6.07 Å². The first-order valence-corrected chi connectivity index (χ1v) is 10.5. The largest absolute Gasteiger partial charge is 0.464 e. The standard InChI is InChI=1S/C21H28N6O3/c1-4-30-21-24-14(3)19(27(28)29)20(25-21)22-11-16-5-6-18(23-13(16)2)17-12-26-9-7-15(17)8-10-26/h5-6,15,17H,4,7-12H2,1-3H3,(H,22,24,25). The maximum Gasteiger partial charge on any atom is 0.332 e. The Labute approximate surface area is 176 Å². The van der Waals surface area contributed by atoms with Crippen LogP contribution in [-0.4, -0.2) is 51.0 Å². The topological polar surface area (TPSA) is 106 Å². The molecule has 3 aliphatic heterocycles. The average Bonchev–Trinajstić information content (AvgIpc) is 2.73. The van der Waals surface area contributed by atoms with Gasteiger partial charge in [0.15, 0.2) is 0 Å². The van der Waals surface area contributed by atoms with Crippen LogP contribution in [0.3, 0.4) is 0 Å². The number of anilines is 1. The summed E-state index contributed by atoms with van der Waals surface area (Å²) in [6, 6.07) is 4.32. The Bertz CT molecular complexity index is 943. The molecule has 2 aromatic heterocycles. The number of nitrogens with zero attached hydrogens (tertiary/aromatic N) is 5. The Morgan fingerprint density at radius 2 is 1.97 bits per heavy atom. The second kappa shape index (κ2) is 8.51. The van der Waals surface area contributed by atoms with E-state index < -0.39 is 4.92 Å². The first-order valence-electron chi connectivity index (χ1n) is 10.5. The minimum absolute atomic E-state index is 0.132. The third-order valence-electron chi connectivity index (χ3n) is 6.19. The second-order valence-electron chi connectivity index (χ2n) is 8.06. The molecule has 2 aromatic rings. The molecule has 0 radical (unpaired) electrons. The van der Waals surface area contributed by atoms with Gasteiger partial charge in [0, 0.05) is 30.4 Å². The van der Waals surface area contributed by atoms with Crippen LogP contribution in [0.15, 0.2) is 12.1 Å². The smallest absolute Gasteiger partial charge is 0.332 e. The molecule has 1 atom stereocenters. The summed E-state index contributed by atoms with van der Waals surface area (Å²) in [7, 11) is 0. The summed E-state index contributed by atoms with van der Waals surface area (Å²) >= 11 is 0. The van der Waals surface area contributed by atoms with Gasteiger partial charge >= 0.3 is 11.7 Å². The van der Waals surface area contributed by atoms with Crippen molar-refractivity contribution >= 4 is 11.5 Å². The van der Waals surface area contributed by atoms with Crippen LogP contribution >= 0.6 is 0 Å². The molecule has 0 amide bonds. The summed E-state index contributed by atoms with van der Waals surface area (Å²) in [6.07, 6.45) is 2.52. The summed E-state index contributed by atoms with van der Waals surface area (Å²) in [5.41, 5.74) is 3.23. The van der Waals surface area contributed by atoms with E-state index in [0.717, 1.165) is 29.4 Å². The number of piperidine rings is 3. The molecule has 9 heteroatoms. The summed E-state index contributed by atoms with van der Waals surface area (Å²) < 4.78 is 5.34. The maximum absolute atomic E-state index is 11.5. The van der Waals surface area contributed by atoms with E-state index in [1.165, 1.54) is 25.9 Å². The summed E-state index contributed by atoms with van der Waals surface area (Å²) in [5, 5.41) is 14.6. The van der Waals surface area contributed by atoms with Gasteiger partial charge in [-0.25, -0.2) is 0 Å². The Hall–Kier alpha value is -2.81. The lowest BCUT2D eigenvalue weighted by Crippen LogP contribution is -2.46. The fraction of sp³-hybridized carbons (Fsp3) is 0.571. The Kier molecular flexibility index (Phi) is 5.80. The number of hydrogen-bond acceptors (Lipinski definition) is 8. The molecular weight excluding hydrogens is 384 g/mol. The van der Waals surface area contributed by atoms with Crippen LogP contribution in [-0.2, 0) is 6.54 Å². The third kappa shape index (κ3) is 4.07. The molecule has 3 fully saturated rings. The van der Waals surface area contributed by atoms with Crippen molar-refractivity contribution in [2.24, 2.45) is 5.92 Å². The van der Waals surface area contributed by atoms with E-state index in [0.29, 0.717) is 19.1 Å². The van der Waals surface area contributed by atoms with Gasteiger partial charge in [-0.15, -0.1) is 0 Å².